The van der Waals surface area contributed by atoms with E-state index in [1.807, 2.05) is 30.3 Å². The second-order valence-electron chi connectivity index (χ2n) is 6.43. The lowest BCUT2D eigenvalue weighted by molar-refractivity contribution is -0.131. The van der Waals surface area contributed by atoms with Crippen LogP contribution in [0.5, 0.6) is 0 Å². The zero-order valence-electron chi connectivity index (χ0n) is 13.5. The summed E-state index contributed by atoms with van der Waals surface area (Å²) in [5, 5.41) is 21.9. The summed E-state index contributed by atoms with van der Waals surface area (Å²) in [7, 11) is 0. The third-order valence-electron chi connectivity index (χ3n) is 4.79. The molecule has 0 aliphatic carbocycles. The van der Waals surface area contributed by atoms with Crippen molar-refractivity contribution >= 4 is 11.9 Å². The SMILES string of the molecule is O=C(CN1CCC(c2ccccc2)NC1=O)N1CC(O)C(CO)C1. The van der Waals surface area contributed by atoms with Gasteiger partial charge in [-0.1, -0.05) is 30.3 Å². The van der Waals surface area contributed by atoms with Crippen LogP contribution in [-0.4, -0.2) is 70.8 Å². The van der Waals surface area contributed by atoms with Gasteiger partial charge in [0.15, 0.2) is 0 Å². The van der Waals surface area contributed by atoms with E-state index in [-0.39, 0.29) is 43.6 Å². The number of nitrogens with zero attached hydrogens (tertiary/aromatic N) is 2. The number of aliphatic hydroxyl groups is 2. The number of hydrogen-bond acceptors (Lipinski definition) is 4. The molecule has 0 aromatic heterocycles. The van der Waals surface area contributed by atoms with Crippen molar-refractivity contribution in [2.24, 2.45) is 5.92 Å². The van der Waals surface area contributed by atoms with E-state index in [0.717, 1.165) is 12.0 Å². The van der Waals surface area contributed by atoms with Crippen LogP contribution in [0.3, 0.4) is 0 Å². The van der Waals surface area contributed by atoms with E-state index < -0.39 is 6.10 Å². The predicted octanol–water partition coefficient (Wildman–Crippen LogP) is -0.0454. The molecule has 2 aliphatic rings. The Labute approximate surface area is 140 Å². The molecular formula is C17H23N3O4. The van der Waals surface area contributed by atoms with Crippen LogP contribution in [0.2, 0.25) is 0 Å². The summed E-state index contributed by atoms with van der Waals surface area (Å²) in [6, 6.07) is 9.49. The number of urea groups is 1. The lowest BCUT2D eigenvalue weighted by atomic mass is 10.0. The number of likely N-dealkylation sites (tertiary alicyclic amines) is 1. The van der Waals surface area contributed by atoms with Gasteiger partial charge in [0.2, 0.25) is 5.91 Å². The van der Waals surface area contributed by atoms with Gasteiger partial charge in [-0.25, -0.2) is 4.79 Å². The maximum absolute atomic E-state index is 12.3. The fourth-order valence-corrected chi connectivity index (χ4v) is 3.29. The largest absolute Gasteiger partial charge is 0.396 e. The van der Waals surface area contributed by atoms with Crippen molar-refractivity contribution in [2.45, 2.75) is 18.6 Å². The summed E-state index contributed by atoms with van der Waals surface area (Å²) in [5.74, 6) is -0.495. The van der Waals surface area contributed by atoms with E-state index in [9.17, 15) is 14.7 Å². The first-order valence-electron chi connectivity index (χ1n) is 8.25. The molecule has 2 heterocycles. The van der Waals surface area contributed by atoms with Crippen molar-refractivity contribution in [3.05, 3.63) is 35.9 Å². The fraction of sp³-hybridized carbons (Fsp3) is 0.529. The average Bonchev–Trinajstić information content (AvgIpc) is 2.98. The molecule has 7 nitrogen and oxygen atoms in total. The molecule has 3 N–H and O–H groups in total. The molecule has 24 heavy (non-hydrogen) atoms. The minimum Gasteiger partial charge on any atom is -0.396 e. The number of rotatable bonds is 4. The molecule has 1 aromatic rings. The first kappa shape index (κ1) is 16.7. The van der Waals surface area contributed by atoms with Gasteiger partial charge in [0, 0.05) is 25.6 Å². The molecule has 3 amide bonds. The Balaban J connectivity index is 1.54. The van der Waals surface area contributed by atoms with Gasteiger partial charge in [-0.2, -0.15) is 0 Å². The van der Waals surface area contributed by atoms with Crippen molar-refractivity contribution in [3.8, 4) is 0 Å². The van der Waals surface area contributed by atoms with E-state index in [2.05, 4.69) is 5.32 Å². The molecule has 2 saturated heterocycles. The van der Waals surface area contributed by atoms with Crippen molar-refractivity contribution in [1.29, 1.82) is 0 Å². The van der Waals surface area contributed by atoms with Gasteiger partial charge in [0.1, 0.15) is 6.54 Å². The molecule has 2 fully saturated rings. The maximum Gasteiger partial charge on any atom is 0.318 e. The normalized spacial score (nSPS) is 27.2. The summed E-state index contributed by atoms with van der Waals surface area (Å²) in [5.41, 5.74) is 1.06. The van der Waals surface area contributed by atoms with E-state index >= 15 is 0 Å². The Morgan fingerprint density at radius 2 is 2.00 bits per heavy atom. The summed E-state index contributed by atoms with van der Waals surface area (Å²) in [4.78, 5) is 27.6. The number of β-amino-alcohol motifs (C(OH)–C–C–N with tert-alkyl or cyclic N) is 1. The average molecular weight is 333 g/mol. The van der Waals surface area contributed by atoms with Crippen molar-refractivity contribution in [1.82, 2.24) is 15.1 Å². The van der Waals surface area contributed by atoms with Crippen LogP contribution in [0.15, 0.2) is 30.3 Å². The minimum atomic E-state index is -0.698. The number of carbonyl (C=O) groups excluding carboxylic acids is 2. The molecular weight excluding hydrogens is 310 g/mol. The number of benzene rings is 1. The third-order valence-corrected chi connectivity index (χ3v) is 4.79. The van der Waals surface area contributed by atoms with Crippen molar-refractivity contribution < 1.29 is 19.8 Å². The molecule has 3 unspecified atom stereocenters. The van der Waals surface area contributed by atoms with Crippen molar-refractivity contribution in [2.75, 3.05) is 32.8 Å². The van der Waals surface area contributed by atoms with Gasteiger partial charge in [0.25, 0.3) is 0 Å². The van der Waals surface area contributed by atoms with E-state index in [4.69, 9.17) is 5.11 Å². The number of aliphatic hydroxyl groups excluding tert-OH is 2. The summed E-state index contributed by atoms with van der Waals surface area (Å²) in [6.07, 6.45) is 0.0434. The van der Waals surface area contributed by atoms with Crippen LogP contribution in [0.25, 0.3) is 0 Å². The first-order valence-corrected chi connectivity index (χ1v) is 8.25. The Morgan fingerprint density at radius 3 is 2.62 bits per heavy atom. The smallest absolute Gasteiger partial charge is 0.318 e. The second kappa shape index (κ2) is 7.19. The maximum atomic E-state index is 12.3. The molecule has 3 rings (SSSR count). The quantitative estimate of drug-likeness (QED) is 0.720. The fourth-order valence-electron chi connectivity index (χ4n) is 3.29. The highest BCUT2D eigenvalue weighted by Crippen LogP contribution is 2.22. The highest BCUT2D eigenvalue weighted by Gasteiger charge is 2.35. The van der Waals surface area contributed by atoms with Crippen LogP contribution in [0.4, 0.5) is 4.79 Å². The van der Waals surface area contributed by atoms with Gasteiger partial charge in [-0.05, 0) is 12.0 Å². The monoisotopic (exact) mass is 333 g/mol. The highest BCUT2D eigenvalue weighted by atomic mass is 16.3. The van der Waals surface area contributed by atoms with Crippen LogP contribution in [0.1, 0.15) is 18.0 Å². The second-order valence-corrected chi connectivity index (χ2v) is 6.43. The number of carbonyl (C=O) groups is 2. The molecule has 0 spiro atoms. The summed E-state index contributed by atoms with van der Waals surface area (Å²) in [6.45, 7) is 0.911. The van der Waals surface area contributed by atoms with Gasteiger partial charge in [0.05, 0.1) is 18.8 Å². The molecule has 0 radical (unpaired) electrons. The number of nitrogens with one attached hydrogen (secondary N) is 1. The molecule has 0 bridgehead atoms. The Morgan fingerprint density at radius 1 is 1.25 bits per heavy atom. The summed E-state index contributed by atoms with van der Waals surface area (Å²) >= 11 is 0. The molecule has 1 aromatic carbocycles. The molecule has 3 atom stereocenters. The lowest BCUT2D eigenvalue weighted by Crippen LogP contribution is -2.51. The van der Waals surface area contributed by atoms with Crippen LogP contribution in [0, 0.1) is 5.92 Å². The Hall–Kier alpha value is -2.12. The van der Waals surface area contributed by atoms with Gasteiger partial charge < -0.3 is 25.3 Å². The Bertz CT molecular complexity index is 595. The predicted molar refractivity (Wildman–Crippen MR) is 87.1 cm³/mol. The third kappa shape index (κ3) is 3.52. The van der Waals surface area contributed by atoms with E-state index in [0.29, 0.717) is 13.1 Å². The minimum absolute atomic E-state index is 0.00177. The summed E-state index contributed by atoms with van der Waals surface area (Å²) < 4.78 is 0. The zero-order valence-corrected chi connectivity index (χ0v) is 13.5. The first-order chi connectivity index (χ1) is 11.6. The molecule has 2 aliphatic heterocycles. The Kier molecular flexibility index (Phi) is 5.01. The molecule has 7 heteroatoms. The topological polar surface area (TPSA) is 93.1 Å². The van der Waals surface area contributed by atoms with E-state index in [1.54, 1.807) is 0 Å². The zero-order chi connectivity index (χ0) is 17.1. The van der Waals surface area contributed by atoms with Crippen LogP contribution < -0.4 is 5.32 Å². The van der Waals surface area contributed by atoms with Gasteiger partial charge in [-0.3, -0.25) is 4.79 Å². The van der Waals surface area contributed by atoms with Gasteiger partial charge >= 0.3 is 6.03 Å². The standard InChI is InChI=1S/C17H23N3O4/c21-11-13-8-20(9-15(13)22)16(23)10-19-7-6-14(18-17(19)24)12-4-2-1-3-5-12/h1-5,13-15,21-22H,6-11H2,(H,18,24). The van der Waals surface area contributed by atoms with Gasteiger partial charge in [-0.15, -0.1) is 0 Å². The van der Waals surface area contributed by atoms with Crippen LogP contribution >= 0.6 is 0 Å². The van der Waals surface area contributed by atoms with E-state index in [1.165, 1.54) is 9.80 Å². The van der Waals surface area contributed by atoms with Crippen molar-refractivity contribution in [3.63, 3.8) is 0 Å². The highest BCUT2D eigenvalue weighted by molar-refractivity contribution is 5.85. The number of hydrogen-bond donors (Lipinski definition) is 3. The van der Waals surface area contributed by atoms with Crippen LogP contribution in [-0.2, 0) is 4.79 Å². The molecule has 0 saturated carbocycles. The molecule has 130 valence electrons. The number of amides is 3. The lowest BCUT2D eigenvalue weighted by Gasteiger charge is -2.33.